The van der Waals surface area contributed by atoms with Gasteiger partial charge >= 0.3 is 0 Å². The van der Waals surface area contributed by atoms with Crippen LogP contribution < -0.4 is 0 Å². The number of carbonyl (C=O) groups excluding carboxylic acids is 1. The monoisotopic (exact) mass is 380 g/mol. The third-order valence-electron chi connectivity index (χ3n) is 3.16. The predicted molar refractivity (Wildman–Crippen MR) is 83.5 cm³/mol. The number of carbonyl (C=O) groups is 1. The summed E-state index contributed by atoms with van der Waals surface area (Å²) in [5, 5.41) is 0.594. The molecule has 0 amide bonds. The molecule has 2 aromatic carbocycles. The van der Waals surface area contributed by atoms with E-state index in [1.807, 2.05) is 19.1 Å². The van der Waals surface area contributed by atoms with E-state index >= 15 is 0 Å². The maximum absolute atomic E-state index is 13.6. The van der Waals surface area contributed by atoms with E-state index in [0.717, 1.165) is 9.13 Å². The Kier molecular flexibility index (Phi) is 3.33. The summed E-state index contributed by atoms with van der Waals surface area (Å²) in [7, 11) is 0. The van der Waals surface area contributed by atoms with Gasteiger partial charge in [-0.15, -0.1) is 0 Å². The molecular formula is C16H10FIO2. The van der Waals surface area contributed by atoms with Crippen LogP contribution in [0.2, 0.25) is 0 Å². The van der Waals surface area contributed by atoms with E-state index in [0.29, 0.717) is 10.9 Å². The molecule has 0 atom stereocenters. The first-order valence-electron chi connectivity index (χ1n) is 6.06. The minimum atomic E-state index is -0.458. The smallest absolute Gasteiger partial charge is 0.229 e. The van der Waals surface area contributed by atoms with E-state index in [2.05, 4.69) is 22.6 Å². The summed E-state index contributed by atoms with van der Waals surface area (Å²) in [6.45, 7) is 1.94. The zero-order valence-electron chi connectivity index (χ0n) is 10.6. The van der Waals surface area contributed by atoms with Crippen LogP contribution in [0.4, 0.5) is 4.39 Å². The Morgan fingerprint density at radius 2 is 1.95 bits per heavy atom. The first-order chi connectivity index (χ1) is 9.58. The molecule has 3 aromatic rings. The molecule has 0 bridgehead atoms. The van der Waals surface area contributed by atoms with Gasteiger partial charge in [0.15, 0.2) is 17.2 Å². The number of aryl methyl sites for hydroxylation is 1. The fourth-order valence-electron chi connectivity index (χ4n) is 2.09. The molecule has 0 radical (unpaired) electrons. The van der Waals surface area contributed by atoms with Gasteiger partial charge in [-0.25, -0.2) is 4.39 Å². The highest BCUT2D eigenvalue weighted by molar-refractivity contribution is 14.1. The predicted octanol–water partition coefficient (Wildman–Crippen LogP) is 4.72. The van der Waals surface area contributed by atoms with Gasteiger partial charge in [-0.1, -0.05) is 24.3 Å². The molecule has 3 rings (SSSR count). The number of rotatable bonds is 2. The van der Waals surface area contributed by atoms with Gasteiger partial charge in [-0.2, -0.15) is 0 Å². The number of benzene rings is 2. The summed E-state index contributed by atoms with van der Waals surface area (Å²) in [6, 6.07) is 11.7. The van der Waals surface area contributed by atoms with E-state index in [9.17, 15) is 9.18 Å². The number of hydrogen-bond acceptors (Lipinski definition) is 2. The molecule has 0 saturated carbocycles. The number of hydrogen-bond donors (Lipinski definition) is 0. The van der Waals surface area contributed by atoms with Crippen LogP contribution in [0.25, 0.3) is 11.0 Å². The zero-order valence-corrected chi connectivity index (χ0v) is 12.8. The van der Waals surface area contributed by atoms with Crippen molar-refractivity contribution >= 4 is 39.3 Å². The van der Waals surface area contributed by atoms with E-state index in [-0.39, 0.29) is 17.1 Å². The Balaban J connectivity index is 2.13. The third-order valence-corrected chi connectivity index (χ3v) is 4.59. The molecule has 0 spiro atoms. The summed E-state index contributed by atoms with van der Waals surface area (Å²) in [4.78, 5) is 12.5. The van der Waals surface area contributed by atoms with Crippen molar-refractivity contribution in [3.05, 3.63) is 68.7 Å². The summed E-state index contributed by atoms with van der Waals surface area (Å²) in [5.74, 6) is -0.525. The molecule has 4 heteroatoms. The molecule has 20 heavy (non-hydrogen) atoms. The van der Waals surface area contributed by atoms with E-state index in [1.54, 1.807) is 24.3 Å². The molecule has 0 unspecified atom stereocenters. The van der Waals surface area contributed by atoms with Crippen LogP contribution in [0.5, 0.6) is 0 Å². The van der Waals surface area contributed by atoms with Gasteiger partial charge in [0.25, 0.3) is 0 Å². The van der Waals surface area contributed by atoms with Crippen LogP contribution in [0.3, 0.4) is 0 Å². The maximum Gasteiger partial charge on any atom is 0.229 e. The minimum Gasteiger partial charge on any atom is -0.449 e. The Morgan fingerprint density at radius 3 is 2.70 bits per heavy atom. The first-order valence-corrected chi connectivity index (χ1v) is 7.13. The van der Waals surface area contributed by atoms with Crippen molar-refractivity contribution in [1.82, 2.24) is 0 Å². The molecule has 2 nitrogen and oxygen atoms in total. The van der Waals surface area contributed by atoms with Gasteiger partial charge in [0.1, 0.15) is 0 Å². The topological polar surface area (TPSA) is 30.2 Å². The highest BCUT2D eigenvalue weighted by atomic mass is 127. The highest BCUT2D eigenvalue weighted by Gasteiger charge is 2.18. The summed E-state index contributed by atoms with van der Waals surface area (Å²) < 4.78 is 19.9. The third kappa shape index (κ3) is 2.14. The molecule has 0 N–H and O–H groups in total. The van der Waals surface area contributed by atoms with E-state index in [4.69, 9.17) is 4.42 Å². The molecule has 100 valence electrons. The fourth-order valence-corrected chi connectivity index (χ4v) is 2.70. The molecule has 0 fully saturated rings. The largest absolute Gasteiger partial charge is 0.449 e. The summed E-state index contributed by atoms with van der Waals surface area (Å²) >= 11 is 2.14. The standard InChI is InChI=1S/C16H10FIO2/c1-9-4-2-6-11(14(9)18)15(19)13-8-10-5-3-7-12(17)16(10)20-13/h2-8H,1H3. The van der Waals surface area contributed by atoms with Crippen LogP contribution >= 0.6 is 22.6 Å². The molecule has 0 aliphatic heterocycles. The van der Waals surface area contributed by atoms with Crippen molar-refractivity contribution in [1.29, 1.82) is 0 Å². The number of fused-ring (bicyclic) bond motifs is 1. The van der Waals surface area contributed by atoms with Crippen molar-refractivity contribution in [2.24, 2.45) is 0 Å². The van der Waals surface area contributed by atoms with Crippen LogP contribution in [0, 0.1) is 16.3 Å². The van der Waals surface area contributed by atoms with Crippen molar-refractivity contribution in [2.45, 2.75) is 6.92 Å². The van der Waals surface area contributed by atoms with Gasteiger partial charge in [0.2, 0.25) is 5.78 Å². The van der Waals surface area contributed by atoms with Crippen LogP contribution in [0.15, 0.2) is 46.9 Å². The SMILES string of the molecule is Cc1cccc(C(=O)c2cc3cccc(F)c3o2)c1I. The van der Waals surface area contributed by atoms with Gasteiger partial charge in [0, 0.05) is 14.5 Å². The van der Waals surface area contributed by atoms with Gasteiger partial charge < -0.3 is 4.42 Å². The second-order valence-corrected chi connectivity index (χ2v) is 5.61. The van der Waals surface area contributed by atoms with Gasteiger partial charge in [0.05, 0.1) is 0 Å². The van der Waals surface area contributed by atoms with Crippen molar-refractivity contribution in [2.75, 3.05) is 0 Å². The average molecular weight is 380 g/mol. The first kappa shape index (κ1) is 13.3. The lowest BCUT2D eigenvalue weighted by Crippen LogP contribution is -2.03. The molecule has 0 aliphatic carbocycles. The van der Waals surface area contributed by atoms with E-state index in [1.165, 1.54) is 6.07 Å². The van der Waals surface area contributed by atoms with Gasteiger partial charge in [-0.3, -0.25) is 4.79 Å². The number of ketones is 1. The number of furan rings is 1. The number of para-hydroxylation sites is 1. The molecule has 0 aliphatic rings. The fraction of sp³-hybridized carbons (Fsp3) is 0.0625. The maximum atomic E-state index is 13.6. The lowest BCUT2D eigenvalue weighted by atomic mass is 10.1. The quantitative estimate of drug-likeness (QED) is 0.476. The molecule has 1 heterocycles. The van der Waals surface area contributed by atoms with Crippen LogP contribution in [-0.2, 0) is 0 Å². The Bertz CT molecular complexity index is 820. The summed E-state index contributed by atoms with van der Waals surface area (Å²) in [5.41, 5.74) is 1.72. The second kappa shape index (κ2) is 5.01. The summed E-state index contributed by atoms with van der Waals surface area (Å²) in [6.07, 6.45) is 0. The minimum absolute atomic E-state index is 0.124. The Morgan fingerprint density at radius 1 is 1.20 bits per heavy atom. The van der Waals surface area contributed by atoms with Crippen molar-refractivity contribution < 1.29 is 13.6 Å². The van der Waals surface area contributed by atoms with Gasteiger partial charge in [-0.05, 0) is 53.3 Å². The lowest BCUT2D eigenvalue weighted by molar-refractivity contribution is 0.101. The van der Waals surface area contributed by atoms with Crippen molar-refractivity contribution in [3.63, 3.8) is 0 Å². The average Bonchev–Trinajstić information content (AvgIpc) is 2.87. The molecule has 0 saturated heterocycles. The normalized spacial score (nSPS) is 10.9. The second-order valence-electron chi connectivity index (χ2n) is 4.53. The van der Waals surface area contributed by atoms with E-state index < -0.39 is 5.82 Å². The molecular weight excluding hydrogens is 370 g/mol. The van der Waals surface area contributed by atoms with Crippen LogP contribution in [-0.4, -0.2) is 5.78 Å². The lowest BCUT2D eigenvalue weighted by Gasteiger charge is -2.03. The number of halogens is 2. The highest BCUT2D eigenvalue weighted by Crippen LogP contribution is 2.26. The molecule has 1 aromatic heterocycles. The zero-order chi connectivity index (χ0) is 14.3. The van der Waals surface area contributed by atoms with Crippen LogP contribution in [0.1, 0.15) is 21.7 Å². The van der Waals surface area contributed by atoms with Crippen molar-refractivity contribution in [3.8, 4) is 0 Å². The Labute approximate surface area is 128 Å². The Hall–Kier alpha value is -1.69.